The predicted molar refractivity (Wildman–Crippen MR) is 80.1 cm³/mol. The predicted octanol–water partition coefficient (Wildman–Crippen LogP) is 1.73. The fourth-order valence-corrected chi connectivity index (χ4v) is 1.71. The monoisotopic (exact) mass is 277 g/mol. The van der Waals surface area contributed by atoms with E-state index in [0.717, 1.165) is 11.3 Å². The van der Waals surface area contributed by atoms with Gasteiger partial charge in [0, 0.05) is 38.7 Å². The average molecular weight is 277 g/mol. The molecule has 5 heteroatoms. The van der Waals surface area contributed by atoms with Crippen molar-refractivity contribution in [1.82, 2.24) is 4.90 Å². The van der Waals surface area contributed by atoms with Crippen molar-refractivity contribution in [3.63, 3.8) is 0 Å². The summed E-state index contributed by atoms with van der Waals surface area (Å²) >= 11 is 0. The summed E-state index contributed by atoms with van der Waals surface area (Å²) in [5.41, 5.74) is 7.35. The molecule has 0 spiro atoms. The molecule has 1 aromatic rings. The number of anilines is 1. The van der Waals surface area contributed by atoms with Crippen molar-refractivity contribution in [3.05, 3.63) is 29.8 Å². The fourth-order valence-electron chi connectivity index (χ4n) is 1.71. The first-order valence-corrected chi connectivity index (χ1v) is 6.74. The molecule has 0 saturated heterocycles. The summed E-state index contributed by atoms with van der Waals surface area (Å²) in [7, 11) is 1.75. The lowest BCUT2D eigenvalue weighted by Crippen LogP contribution is -2.23. The minimum Gasteiger partial charge on any atom is -0.342 e. The molecule has 0 aromatic heterocycles. The highest BCUT2D eigenvalue weighted by molar-refractivity contribution is 5.90. The number of carbonyl (C=O) groups is 2. The zero-order chi connectivity index (χ0) is 15.1. The smallest absolute Gasteiger partial charge is 0.224 e. The van der Waals surface area contributed by atoms with Crippen LogP contribution < -0.4 is 11.1 Å². The van der Waals surface area contributed by atoms with E-state index in [2.05, 4.69) is 5.32 Å². The van der Waals surface area contributed by atoms with Crippen LogP contribution in [0.5, 0.6) is 0 Å². The van der Waals surface area contributed by atoms with Crippen LogP contribution in [0.1, 0.15) is 32.3 Å². The standard InChI is InChI=1S/C15H23N3O2/c1-11(16)7-8-15(20)17-14-6-4-5-13(9-14)10-18(3)12(2)19/h4-6,9,11H,7-8,10,16H2,1-3H3,(H,17,20). The van der Waals surface area contributed by atoms with Crippen molar-refractivity contribution in [2.24, 2.45) is 5.73 Å². The topological polar surface area (TPSA) is 75.4 Å². The Morgan fingerprint density at radius 3 is 2.70 bits per heavy atom. The number of nitrogens with two attached hydrogens (primary N) is 1. The third-order valence-electron chi connectivity index (χ3n) is 2.99. The molecule has 0 saturated carbocycles. The van der Waals surface area contributed by atoms with Crippen molar-refractivity contribution >= 4 is 17.5 Å². The normalized spacial score (nSPS) is 11.8. The quantitative estimate of drug-likeness (QED) is 0.831. The second-order valence-corrected chi connectivity index (χ2v) is 5.14. The van der Waals surface area contributed by atoms with Crippen LogP contribution in [0.15, 0.2) is 24.3 Å². The second-order valence-electron chi connectivity index (χ2n) is 5.14. The van der Waals surface area contributed by atoms with Crippen LogP contribution in [-0.4, -0.2) is 29.8 Å². The Morgan fingerprint density at radius 2 is 2.10 bits per heavy atom. The fraction of sp³-hybridized carbons (Fsp3) is 0.467. The molecule has 0 fully saturated rings. The SMILES string of the molecule is CC(=O)N(C)Cc1cccc(NC(=O)CCC(C)N)c1. The van der Waals surface area contributed by atoms with Gasteiger partial charge in [-0.1, -0.05) is 12.1 Å². The van der Waals surface area contributed by atoms with Crippen LogP contribution in [0, 0.1) is 0 Å². The lowest BCUT2D eigenvalue weighted by molar-refractivity contribution is -0.128. The van der Waals surface area contributed by atoms with Gasteiger partial charge in [-0.15, -0.1) is 0 Å². The van der Waals surface area contributed by atoms with E-state index in [4.69, 9.17) is 5.73 Å². The molecule has 0 heterocycles. The molecule has 0 aliphatic heterocycles. The van der Waals surface area contributed by atoms with E-state index in [0.29, 0.717) is 19.4 Å². The van der Waals surface area contributed by atoms with E-state index in [-0.39, 0.29) is 17.9 Å². The van der Waals surface area contributed by atoms with Gasteiger partial charge >= 0.3 is 0 Å². The number of rotatable bonds is 6. The molecule has 1 atom stereocenters. The number of amides is 2. The molecule has 3 N–H and O–H groups in total. The molecule has 5 nitrogen and oxygen atoms in total. The molecule has 0 aliphatic rings. The second kappa shape index (κ2) is 7.65. The first-order valence-electron chi connectivity index (χ1n) is 6.74. The maximum absolute atomic E-state index is 11.7. The van der Waals surface area contributed by atoms with E-state index in [1.165, 1.54) is 6.92 Å². The Hall–Kier alpha value is -1.88. The van der Waals surface area contributed by atoms with Crippen LogP contribution in [0.25, 0.3) is 0 Å². The molecule has 1 aromatic carbocycles. The molecule has 0 radical (unpaired) electrons. The van der Waals surface area contributed by atoms with Gasteiger partial charge in [-0.25, -0.2) is 0 Å². The minimum absolute atomic E-state index is 0.0105. The van der Waals surface area contributed by atoms with Gasteiger partial charge in [0.05, 0.1) is 0 Å². The molecular formula is C15H23N3O2. The summed E-state index contributed by atoms with van der Waals surface area (Å²) in [5, 5.41) is 2.84. The van der Waals surface area contributed by atoms with E-state index in [1.807, 2.05) is 31.2 Å². The van der Waals surface area contributed by atoms with E-state index in [9.17, 15) is 9.59 Å². The van der Waals surface area contributed by atoms with E-state index < -0.39 is 0 Å². The van der Waals surface area contributed by atoms with Gasteiger partial charge in [0.1, 0.15) is 0 Å². The summed E-state index contributed by atoms with van der Waals surface area (Å²) in [6, 6.07) is 7.53. The maximum Gasteiger partial charge on any atom is 0.224 e. The van der Waals surface area contributed by atoms with Crippen LogP contribution in [0.3, 0.4) is 0 Å². The van der Waals surface area contributed by atoms with Crippen molar-refractivity contribution in [3.8, 4) is 0 Å². The van der Waals surface area contributed by atoms with Gasteiger partial charge in [-0.3, -0.25) is 9.59 Å². The van der Waals surface area contributed by atoms with Crippen molar-refractivity contribution in [2.75, 3.05) is 12.4 Å². The highest BCUT2D eigenvalue weighted by Crippen LogP contribution is 2.13. The Morgan fingerprint density at radius 1 is 1.40 bits per heavy atom. The summed E-state index contributed by atoms with van der Waals surface area (Å²) in [5.74, 6) is -0.0317. The highest BCUT2D eigenvalue weighted by Gasteiger charge is 2.06. The first-order chi connectivity index (χ1) is 9.38. The van der Waals surface area contributed by atoms with Crippen LogP contribution in [0.4, 0.5) is 5.69 Å². The third kappa shape index (κ3) is 5.84. The number of nitrogens with zero attached hydrogens (tertiary/aromatic N) is 1. The van der Waals surface area contributed by atoms with Crippen molar-refractivity contribution in [1.29, 1.82) is 0 Å². The number of benzene rings is 1. The summed E-state index contributed by atoms with van der Waals surface area (Å²) in [6.45, 7) is 3.93. The number of hydrogen-bond donors (Lipinski definition) is 2. The zero-order valence-corrected chi connectivity index (χ0v) is 12.3. The zero-order valence-electron chi connectivity index (χ0n) is 12.3. The number of hydrogen-bond acceptors (Lipinski definition) is 3. The summed E-state index contributed by atoms with van der Waals surface area (Å²) < 4.78 is 0. The van der Waals surface area contributed by atoms with Gasteiger partial charge in [0.2, 0.25) is 11.8 Å². The van der Waals surface area contributed by atoms with Gasteiger partial charge in [-0.2, -0.15) is 0 Å². The van der Waals surface area contributed by atoms with Crippen LogP contribution >= 0.6 is 0 Å². The lowest BCUT2D eigenvalue weighted by atomic mass is 10.1. The number of carbonyl (C=O) groups excluding carboxylic acids is 2. The molecule has 1 rings (SSSR count). The first kappa shape index (κ1) is 16.2. The van der Waals surface area contributed by atoms with E-state index >= 15 is 0 Å². The Kier molecular flexibility index (Phi) is 6.18. The Labute approximate surface area is 120 Å². The van der Waals surface area contributed by atoms with Crippen LogP contribution in [0.2, 0.25) is 0 Å². The van der Waals surface area contributed by atoms with Crippen molar-refractivity contribution < 1.29 is 9.59 Å². The minimum atomic E-state index is -0.0422. The summed E-state index contributed by atoms with van der Waals surface area (Å²) in [6.07, 6.45) is 1.08. The molecule has 1 unspecified atom stereocenters. The van der Waals surface area contributed by atoms with Crippen molar-refractivity contribution in [2.45, 2.75) is 39.3 Å². The Balaban J connectivity index is 2.59. The van der Waals surface area contributed by atoms with Gasteiger partial charge in [0.15, 0.2) is 0 Å². The molecule has 0 aliphatic carbocycles. The molecular weight excluding hydrogens is 254 g/mol. The maximum atomic E-state index is 11.7. The molecule has 2 amide bonds. The average Bonchev–Trinajstić information content (AvgIpc) is 2.36. The van der Waals surface area contributed by atoms with Gasteiger partial charge in [-0.05, 0) is 31.0 Å². The van der Waals surface area contributed by atoms with Gasteiger partial charge < -0.3 is 16.0 Å². The molecule has 0 bridgehead atoms. The van der Waals surface area contributed by atoms with Crippen LogP contribution in [-0.2, 0) is 16.1 Å². The lowest BCUT2D eigenvalue weighted by Gasteiger charge is -2.15. The van der Waals surface area contributed by atoms with E-state index in [1.54, 1.807) is 11.9 Å². The largest absolute Gasteiger partial charge is 0.342 e. The third-order valence-corrected chi connectivity index (χ3v) is 2.99. The number of nitrogens with one attached hydrogen (secondary N) is 1. The molecule has 20 heavy (non-hydrogen) atoms. The Bertz CT molecular complexity index is 472. The highest BCUT2D eigenvalue weighted by atomic mass is 16.2. The van der Waals surface area contributed by atoms with Gasteiger partial charge in [0.25, 0.3) is 0 Å². The molecule has 110 valence electrons. The summed E-state index contributed by atoms with van der Waals surface area (Å²) in [4.78, 5) is 24.6.